The van der Waals surface area contributed by atoms with E-state index in [1.807, 2.05) is 0 Å². The van der Waals surface area contributed by atoms with Gasteiger partial charge in [-0.25, -0.2) is 0 Å². The average Bonchev–Trinajstić information content (AvgIpc) is 3.25. The number of carbonyl (C=O) groups excluding carboxylic acids is 1. The van der Waals surface area contributed by atoms with Crippen LogP contribution in [0.1, 0.15) is 42.4 Å². The number of hydrogen-bond donors (Lipinski definition) is 2. The first kappa shape index (κ1) is 25.9. The molecule has 1 aliphatic carbocycles. The number of carbonyl (C=O) groups is 1. The third kappa shape index (κ3) is 7.12. The highest BCUT2D eigenvalue weighted by molar-refractivity contribution is 5.79. The smallest absolute Gasteiger partial charge is 0.406 e. The van der Waals surface area contributed by atoms with Crippen molar-refractivity contribution in [3.05, 3.63) is 65.2 Å². The van der Waals surface area contributed by atoms with Gasteiger partial charge in [-0.05, 0) is 60.9 Å². The molecule has 0 aromatic heterocycles. The van der Waals surface area contributed by atoms with Gasteiger partial charge in [0.1, 0.15) is 5.75 Å². The van der Waals surface area contributed by atoms with Crippen molar-refractivity contribution < 1.29 is 41.0 Å². The molecule has 0 radical (unpaired) electrons. The topological polar surface area (TPSA) is 58.6 Å². The lowest BCUT2D eigenvalue weighted by Gasteiger charge is -2.24. The van der Waals surface area contributed by atoms with Crippen LogP contribution in [0.2, 0.25) is 0 Å². The lowest BCUT2D eigenvalue weighted by molar-refractivity contribution is -0.274. The second kappa shape index (κ2) is 10.7. The van der Waals surface area contributed by atoms with Gasteiger partial charge in [-0.3, -0.25) is 4.79 Å². The van der Waals surface area contributed by atoms with Gasteiger partial charge in [0, 0.05) is 12.5 Å². The summed E-state index contributed by atoms with van der Waals surface area (Å²) < 4.78 is 80.6. The van der Waals surface area contributed by atoms with Crippen LogP contribution in [0.25, 0.3) is 0 Å². The number of benzene rings is 2. The summed E-state index contributed by atoms with van der Waals surface area (Å²) in [7, 11) is 0. The van der Waals surface area contributed by atoms with Gasteiger partial charge in [0.25, 0.3) is 0 Å². The summed E-state index contributed by atoms with van der Waals surface area (Å²) >= 11 is 0. The molecule has 2 aromatic rings. The molecule has 0 spiro atoms. The first-order valence-electron chi connectivity index (χ1n) is 10.9. The third-order valence-electron chi connectivity index (χ3n) is 6.04. The number of halogens is 6. The third-order valence-corrected chi connectivity index (χ3v) is 6.04. The highest BCUT2D eigenvalue weighted by Gasteiger charge is 2.38. The molecule has 0 bridgehead atoms. The predicted molar refractivity (Wildman–Crippen MR) is 112 cm³/mol. The number of alkyl halides is 6. The predicted octanol–water partition coefficient (Wildman–Crippen LogP) is 5.63. The van der Waals surface area contributed by atoms with E-state index in [2.05, 4.69) is 10.1 Å². The fourth-order valence-corrected chi connectivity index (χ4v) is 4.47. The van der Waals surface area contributed by atoms with Crippen molar-refractivity contribution in [2.24, 2.45) is 11.8 Å². The Morgan fingerprint density at radius 2 is 1.79 bits per heavy atom. The monoisotopic (exact) mass is 489 g/mol. The van der Waals surface area contributed by atoms with Gasteiger partial charge < -0.3 is 15.2 Å². The molecule has 1 aliphatic rings. The largest absolute Gasteiger partial charge is 0.573 e. The molecule has 186 valence electrons. The van der Waals surface area contributed by atoms with Crippen molar-refractivity contribution in [1.29, 1.82) is 0 Å². The molecule has 10 heteroatoms. The lowest BCUT2D eigenvalue weighted by Crippen LogP contribution is -2.37. The number of nitrogens with one attached hydrogen (secondary N) is 1. The van der Waals surface area contributed by atoms with Gasteiger partial charge in [-0.2, -0.15) is 13.2 Å². The normalized spacial score (nSPS) is 19.6. The number of ether oxygens (including phenoxy) is 1. The van der Waals surface area contributed by atoms with Crippen LogP contribution in [0.4, 0.5) is 26.3 Å². The Morgan fingerprint density at radius 1 is 1.06 bits per heavy atom. The summed E-state index contributed by atoms with van der Waals surface area (Å²) in [5, 5.41) is 13.2. The first-order chi connectivity index (χ1) is 15.9. The average molecular weight is 489 g/mol. The van der Waals surface area contributed by atoms with E-state index in [4.69, 9.17) is 0 Å². The fraction of sp³-hybridized carbons (Fsp3) is 0.458. The minimum atomic E-state index is -4.80. The number of aliphatic hydroxyl groups excluding tert-OH is 1. The summed E-state index contributed by atoms with van der Waals surface area (Å²) in [6.07, 6.45) is -7.94. The molecular weight excluding hydrogens is 464 g/mol. The maximum Gasteiger partial charge on any atom is 0.573 e. The second-order valence-corrected chi connectivity index (χ2v) is 8.38. The molecule has 1 fully saturated rings. The van der Waals surface area contributed by atoms with Crippen molar-refractivity contribution in [3.8, 4) is 5.75 Å². The van der Waals surface area contributed by atoms with Crippen molar-refractivity contribution >= 4 is 5.91 Å². The van der Waals surface area contributed by atoms with E-state index < -0.39 is 36.0 Å². The summed E-state index contributed by atoms with van der Waals surface area (Å²) in [5.74, 6) is -1.70. The summed E-state index contributed by atoms with van der Waals surface area (Å²) in [6, 6.07) is 10.5. The molecule has 34 heavy (non-hydrogen) atoms. The SMILES string of the molecule is O=C(NCc1ccccc1C(F)(F)F)[C@@H]1CCC[C@H]1C(O)CCc1cccc(OC(F)(F)F)c1. The molecule has 0 saturated heterocycles. The molecule has 3 rings (SSSR count). The number of hydrogen-bond acceptors (Lipinski definition) is 3. The Morgan fingerprint density at radius 3 is 2.50 bits per heavy atom. The highest BCUT2D eigenvalue weighted by Crippen LogP contribution is 2.36. The number of aryl methyl sites for hydroxylation is 1. The number of aliphatic hydroxyl groups is 1. The van der Waals surface area contributed by atoms with E-state index in [0.717, 1.165) is 6.07 Å². The van der Waals surface area contributed by atoms with Crippen molar-refractivity contribution in [2.45, 2.75) is 57.3 Å². The minimum Gasteiger partial charge on any atom is -0.406 e. The molecule has 1 amide bonds. The second-order valence-electron chi connectivity index (χ2n) is 8.38. The molecule has 1 unspecified atom stereocenters. The maximum atomic E-state index is 13.2. The zero-order valence-corrected chi connectivity index (χ0v) is 18.1. The van der Waals surface area contributed by atoms with E-state index in [-0.39, 0.29) is 36.6 Å². The van der Waals surface area contributed by atoms with Crippen LogP contribution in [-0.4, -0.2) is 23.5 Å². The molecule has 1 saturated carbocycles. The van der Waals surface area contributed by atoms with Crippen LogP contribution in [0, 0.1) is 11.8 Å². The molecule has 0 aliphatic heterocycles. The van der Waals surface area contributed by atoms with Crippen molar-refractivity contribution in [1.82, 2.24) is 5.32 Å². The van der Waals surface area contributed by atoms with Gasteiger partial charge in [0.2, 0.25) is 5.91 Å². The highest BCUT2D eigenvalue weighted by atomic mass is 19.4. The Bertz CT molecular complexity index is 976. The van der Waals surface area contributed by atoms with Gasteiger partial charge in [-0.15, -0.1) is 13.2 Å². The first-order valence-corrected chi connectivity index (χ1v) is 10.9. The van der Waals surface area contributed by atoms with Gasteiger partial charge in [0.05, 0.1) is 11.7 Å². The lowest BCUT2D eigenvalue weighted by atomic mass is 9.87. The fourth-order valence-electron chi connectivity index (χ4n) is 4.47. The Kier molecular flexibility index (Phi) is 8.12. The van der Waals surface area contributed by atoms with Crippen LogP contribution in [-0.2, 0) is 23.9 Å². The standard InChI is InChI=1S/C24H25F6NO3/c25-23(26,27)20-10-2-1-6-16(20)14-31-22(33)19-9-4-8-18(19)21(32)12-11-15-5-3-7-17(13-15)34-24(28,29)30/h1-3,5-7,10,13,18-19,21,32H,4,8-9,11-12,14H2,(H,31,33)/t18-,19-,21?/m1/s1. The van der Waals surface area contributed by atoms with E-state index in [1.54, 1.807) is 6.07 Å². The zero-order valence-electron chi connectivity index (χ0n) is 18.1. The number of amides is 1. The van der Waals surface area contributed by atoms with Gasteiger partial charge in [-0.1, -0.05) is 36.8 Å². The summed E-state index contributed by atoms with van der Waals surface area (Å²) in [5.41, 5.74) is -0.307. The van der Waals surface area contributed by atoms with Crippen LogP contribution in [0.3, 0.4) is 0 Å². The Labute approximate surface area is 192 Å². The van der Waals surface area contributed by atoms with E-state index >= 15 is 0 Å². The Balaban J connectivity index is 1.57. The maximum absolute atomic E-state index is 13.2. The van der Waals surface area contributed by atoms with Crippen LogP contribution < -0.4 is 10.1 Å². The zero-order chi connectivity index (χ0) is 24.9. The van der Waals surface area contributed by atoms with Crippen LogP contribution in [0.5, 0.6) is 5.75 Å². The Hall–Kier alpha value is -2.75. The molecule has 0 heterocycles. The number of rotatable bonds is 8. The molecule has 2 N–H and O–H groups in total. The molecular formula is C24H25F6NO3. The van der Waals surface area contributed by atoms with E-state index in [9.17, 15) is 36.2 Å². The van der Waals surface area contributed by atoms with Gasteiger partial charge >= 0.3 is 12.5 Å². The van der Waals surface area contributed by atoms with Crippen LogP contribution in [0.15, 0.2) is 48.5 Å². The molecule has 2 aromatic carbocycles. The van der Waals surface area contributed by atoms with Crippen LogP contribution >= 0.6 is 0 Å². The quantitative estimate of drug-likeness (QED) is 0.473. The van der Waals surface area contributed by atoms with E-state index in [0.29, 0.717) is 24.8 Å². The summed E-state index contributed by atoms with van der Waals surface area (Å²) in [4.78, 5) is 12.7. The van der Waals surface area contributed by atoms with Gasteiger partial charge in [0.15, 0.2) is 0 Å². The molecule has 4 nitrogen and oxygen atoms in total. The minimum absolute atomic E-state index is 0.0422. The van der Waals surface area contributed by atoms with Crippen molar-refractivity contribution in [3.63, 3.8) is 0 Å². The van der Waals surface area contributed by atoms with Crippen molar-refractivity contribution in [2.75, 3.05) is 0 Å². The van der Waals surface area contributed by atoms with E-state index in [1.165, 1.54) is 36.4 Å². The summed E-state index contributed by atoms with van der Waals surface area (Å²) in [6.45, 7) is -0.278. The molecule has 3 atom stereocenters.